The van der Waals surface area contributed by atoms with Gasteiger partial charge in [-0.2, -0.15) is 11.3 Å². The fourth-order valence-electron chi connectivity index (χ4n) is 2.26. The molecule has 0 aliphatic rings. The van der Waals surface area contributed by atoms with Crippen LogP contribution in [0.1, 0.15) is 15.9 Å². The molecular weight excluding hydrogens is 392 g/mol. The van der Waals surface area contributed by atoms with E-state index in [1.165, 1.54) is 24.3 Å². The molecule has 1 amide bonds. The first-order valence-corrected chi connectivity index (χ1v) is 10.9. The maximum Gasteiger partial charge on any atom is 0.271 e. The van der Waals surface area contributed by atoms with Crippen LogP contribution in [0.4, 0.5) is 5.69 Å². The van der Waals surface area contributed by atoms with Crippen LogP contribution in [-0.4, -0.2) is 26.0 Å². The number of hydrogen-bond donors (Lipinski definition) is 3. The highest BCUT2D eigenvalue weighted by Crippen LogP contribution is 2.25. The average Bonchev–Trinajstić information content (AvgIpc) is 3.28. The molecule has 0 atom stereocenters. The van der Waals surface area contributed by atoms with Crippen LogP contribution in [0, 0.1) is 0 Å². The van der Waals surface area contributed by atoms with Gasteiger partial charge in [-0.15, -0.1) is 11.3 Å². The third kappa shape index (κ3) is 4.43. The van der Waals surface area contributed by atoms with Crippen LogP contribution in [0.5, 0.6) is 5.75 Å². The molecule has 3 N–H and O–H groups in total. The normalized spacial score (nSPS) is 11.2. The minimum Gasteiger partial charge on any atom is -0.507 e. The number of aromatic hydroxyl groups is 1. The Balaban J connectivity index is 1.64. The number of phenolic OH excluding ortho intramolecular Hbond substituents is 1. The highest BCUT2D eigenvalue weighted by molar-refractivity contribution is 7.94. The third-order valence-corrected chi connectivity index (χ3v) is 7.04. The first kappa shape index (κ1) is 18.4. The summed E-state index contributed by atoms with van der Waals surface area (Å²) in [4.78, 5) is 12.2. The van der Waals surface area contributed by atoms with Crippen molar-refractivity contribution in [2.45, 2.75) is 10.6 Å². The van der Waals surface area contributed by atoms with E-state index in [1.54, 1.807) is 22.8 Å². The van der Waals surface area contributed by atoms with Crippen molar-refractivity contribution < 1.29 is 18.3 Å². The van der Waals surface area contributed by atoms with Crippen molar-refractivity contribution in [2.75, 3.05) is 11.3 Å². The van der Waals surface area contributed by atoms with Gasteiger partial charge in [-0.05, 0) is 52.4 Å². The van der Waals surface area contributed by atoms with Crippen molar-refractivity contribution in [3.05, 3.63) is 63.7 Å². The van der Waals surface area contributed by atoms with Gasteiger partial charge in [-0.25, -0.2) is 8.42 Å². The summed E-state index contributed by atoms with van der Waals surface area (Å²) < 4.78 is 26.9. The van der Waals surface area contributed by atoms with Crippen LogP contribution in [0.2, 0.25) is 0 Å². The van der Waals surface area contributed by atoms with Crippen molar-refractivity contribution in [2.24, 2.45) is 0 Å². The molecule has 136 valence electrons. The molecule has 0 fully saturated rings. The summed E-state index contributed by atoms with van der Waals surface area (Å²) >= 11 is 2.69. The van der Waals surface area contributed by atoms with E-state index in [2.05, 4.69) is 10.0 Å². The maximum atomic E-state index is 12.2. The monoisotopic (exact) mass is 408 g/mol. The zero-order valence-corrected chi connectivity index (χ0v) is 16.0. The lowest BCUT2D eigenvalue weighted by Gasteiger charge is -2.10. The Kier molecular flexibility index (Phi) is 5.60. The molecule has 0 radical (unpaired) electrons. The molecule has 6 nitrogen and oxygen atoms in total. The zero-order valence-electron chi connectivity index (χ0n) is 13.5. The maximum absolute atomic E-state index is 12.2. The molecule has 0 saturated heterocycles. The number of carbonyl (C=O) groups excluding carboxylic acids is 1. The fraction of sp³-hybridized carbons (Fsp3) is 0.118. The summed E-state index contributed by atoms with van der Waals surface area (Å²) in [5.41, 5.74) is 1.41. The molecule has 3 aromatic rings. The molecule has 0 aliphatic carbocycles. The number of rotatable bonds is 7. The molecule has 0 aliphatic heterocycles. The number of sulfonamides is 1. The van der Waals surface area contributed by atoms with Gasteiger partial charge in [0, 0.05) is 12.6 Å². The molecule has 2 aromatic heterocycles. The van der Waals surface area contributed by atoms with Crippen LogP contribution in [-0.2, 0) is 16.4 Å². The van der Waals surface area contributed by atoms with Gasteiger partial charge in [-0.1, -0.05) is 6.07 Å². The van der Waals surface area contributed by atoms with Gasteiger partial charge < -0.3 is 10.4 Å². The molecule has 1 aromatic carbocycles. The molecule has 0 spiro atoms. The van der Waals surface area contributed by atoms with E-state index in [4.69, 9.17) is 0 Å². The Morgan fingerprint density at radius 1 is 1.15 bits per heavy atom. The van der Waals surface area contributed by atoms with E-state index in [1.807, 2.05) is 16.8 Å². The number of hydrogen-bond acceptors (Lipinski definition) is 6. The van der Waals surface area contributed by atoms with E-state index in [9.17, 15) is 18.3 Å². The predicted molar refractivity (Wildman–Crippen MR) is 104 cm³/mol. The SMILES string of the molecule is O=C(NCCc1ccsc1)c1ccc(NS(=O)(=O)c2cccs2)cc1O. The Bertz CT molecular complexity index is 981. The largest absolute Gasteiger partial charge is 0.507 e. The minimum absolute atomic E-state index is 0.0920. The molecule has 3 rings (SSSR count). The lowest BCUT2D eigenvalue weighted by Crippen LogP contribution is -2.25. The molecule has 26 heavy (non-hydrogen) atoms. The highest BCUT2D eigenvalue weighted by atomic mass is 32.2. The third-order valence-electron chi connectivity index (χ3n) is 3.53. The van der Waals surface area contributed by atoms with E-state index in [0.717, 1.165) is 16.9 Å². The molecule has 9 heteroatoms. The van der Waals surface area contributed by atoms with Gasteiger partial charge in [0.05, 0.1) is 11.3 Å². The van der Waals surface area contributed by atoms with E-state index < -0.39 is 15.9 Å². The number of phenols is 1. The minimum atomic E-state index is -3.70. The topological polar surface area (TPSA) is 95.5 Å². The summed E-state index contributed by atoms with van der Waals surface area (Å²) in [6, 6.07) is 9.17. The van der Waals surface area contributed by atoms with Gasteiger partial charge in [0.15, 0.2) is 0 Å². The van der Waals surface area contributed by atoms with Gasteiger partial charge in [0.1, 0.15) is 9.96 Å². The Morgan fingerprint density at radius 2 is 2.00 bits per heavy atom. The second kappa shape index (κ2) is 7.90. The Labute approximate surface area is 159 Å². The number of nitrogens with one attached hydrogen (secondary N) is 2. The van der Waals surface area contributed by atoms with E-state index in [0.29, 0.717) is 13.0 Å². The quantitative estimate of drug-likeness (QED) is 0.559. The lowest BCUT2D eigenvalue weighted by atomic mass is 10.1. The first-order chi connectivity index (χ1) is 12.5. The first-order valence-electron chi connectivity index (χ1n) is 7.64. The second-order valence-electron chi connectivity index (χ2n) is 5.41. The standard InChI is InChI=1S/C17H16N2O4S3/c20-15-10-13(19-26(22,23)16-2-1-8-25-16)3-4-14(15)17(21)18-7-5-12-6-9-24-11-12/h1-4,6,8-11,19-20H,5,7H2,(H,18,21). The summed E-state index contributed by atoms with van der Waals surface area (Å²) in [5, 5.41) is 18.5. The smallest absolute Gasteiger partial charge is 0.271 e. The Morgan fingerprint density at radius 3 is 2.65 bits per heavy atom. The predicted octanol–water partition coefficient (Wildman–Crippen LogP) is 3.29. The van der Waals surface area contributed by atoms with Gasteiger partial charge in [0.2, 0.25) is 0 Å². The van der Waals surface area contributed by atoms with Crippen LogP contribution < -0.4 is 10.0 Å². The highest BCUT2D eigenvalue weighted by Gasteiger charge is 2.17. The van der Waals surface area contributed by atoms with Gasteiger partial charge in [0.25, 0.3) is 15.9 Å². The summed E-state index contributed by atoms with van der Waals surface area (Å²) in [6.07, 6.45) is 0.703. The van der Waals surface area contributed by atoms with Gasteiger partial charge >= 0.3 is 0 Å². The number of amides is 1. The van der Waals surface area contributed by atoms with Gasteiger partial charge in [-0.3, -0.25) is 9.52 Å². The van der Waals surface area contributed by atoms with Crippen LogP contribution in [0.15, 0.2) is 56.7 Å². The summed E-state index contributed by atoms with van der Waals surface area (Å²) in [6.45, 7) is 0.446. The fourth-order valence-corrected chi connectivity index (χ4v) is 5.00. The zero-order chi connectivity index (χ0) is 18.6. The lowest BCUT2D eigenvalue weighted by molar-refractivity contribution is 0.0951. The van der Waals surface area contributed by atoms with E-state index >= 15 is 0 Å². The van der Waals surface area contributed by atoms with Crippen molar-refractivity contribution >= 4 is 44.3 Å². The molecule has 0 unspecified atom stereocenters. The molecule has 0 saturated carbocycles. The van der Waals surface area contributed by atoms with Crippen LogP contribution >= 0.6 is 22.7 Å². The second-order valence-corrected chi connectivity index (χ2v) is 9.04. The number of carbonyl (C=O) groups is 1. The number of thiophene rings is 2. The average molecular weight is 409 g/mol. The van der Waals surface area contributed by atoms with Crippen molar-refractivity contribution in [3.8, 4) is 5.75 Å². The van der Waals surface area contributed by atoms with Crippen LogP contribution in [0.3, 0.4) is 0 Å². The van der Waals surface area contributed by atoms with E-state index in [-0.39, 0.29) is 21.2 Å². The molecular formula is C17H16N2O4S3. The summed E-state index contributed by atoms with van der Waals surface area (Å²) in [5.74, 6) is -0.699. The van der Waals surface area contributed by atoms with Crippen molar-refractivity contribution in [1.82, 2.24) is 5.32 Å². The van der Waals surface area contributed by atoms with Crippen molar-refractivity contribution in [3.63, 3.8) is 0 Å². The number of benzene rings is 1. The number of anilines is 1. The summed E-state index contributed by atoms with van der Waals surface area (Å²) in [7, 11) is -3.70. The molecule has 0 bridgehead atoms. The van der Waals surface area contributed by atoms with Crippen molar-refractivity contribution in [1.29, 1.82) is 0 Å². The van der Waals surface area contributed by atoms with Crippen LogP contribution in [0.25, 0.3) is 0 Å². The Hall–Kier alpha value is -2.36. The molecule has 2 heterocycles.